The van der Waals surface area contributed by atoms with Crippen molar-refractivity contribution in [3.05, 3.63) is 40.9 Å². The lowest BCUT2D eigenvalue weighted by atomic mass is 9.95. The quantitative estimate of drug-likeness (QED) is 0.511. The average Bonchev–Trinajstić information content (AvgIpc) is 3.00. The largest absolute Gasteiger partial charge is 0.507 e. The summed E-state index contributed by atoms with van der Waals surface area (Å²) in [6.45, 7) is 0. The molecule has 0 heterocycles. The summed E-state index contributed by atoms with van der Waals surface area (Å²) >= 11 is 5.72. The number of benzene rings is 1. The lowest BCUT2D eigenvalue weighted by Crippen LogP contribution is -2.19. The maximum atomic E-state index is 11.9. The smallest absolute Gasteiger partial charge is 0.275 e. The van der Waals surface area contributed by atoms with Crippen LogP contribution in [0, 0.1) is 17.8 Å². The zero-order valence-electron chi connectivity index (χ0n) is 10.8. The van der Waals surface area contributed by atoms with Crippen molar-refractivity contribution in [2.75, 3.05) is 0 Å². The number of rotatable bonds is 3. The number of fused-ring (bicyclic) bond motifs is 2. The van der Waals surface area contributed by atoms with Crippen LogP contribution in [0.1, 0.15) is 23.2 Å². The number of nitrogens with zero attached hydrogens (tertiary/aromatic N) is 1. The van der Waals surface area contributed by atoms with E-state index in [0.29, 0.717) is 22.8 Å². The van der Waals surface area contributed by atoms with Gasteiger partial charge in [0.1, 0.15) is 5.75 Å². The van der Waals surface area contributed by atoms with Gasteiger partial charge in [-0.2, -0.15) is 5.10 Å². The van der Waals surface area contributed by atoms with Crippen LogP contribution in [0.15, 0.2) is 35.5 Å². The van der Waals surface area contributed by atoms with Gasteiger partial charge in [-0.15, -0.1) is 0 Å². The third kappa shape index (κ3) is 2.56. The highest BCUT2D eigenvalue weighted by Gasteiger charge is 2.34. The van der Waals surface area contributed by atoms with Crippen LogP contribution in [0.2, 0.25) is 5.02 Å². The first-order valence-electron chi connectivity index (χ1n) is 6.64. The summed E-state index contributed by atoms with van der Waals surface area (Å²) in [6.07, 6.45) is 8.60. The molecule has 1 saturated carbocycles. The van der Waals surface area contributed by atoms with Gasteiger partial charge in [-0.25, -0.2) is 5.43 Å². The van der Waals surface area contributed by atoms with Gasteiger partial charge in [-0.1, -0.05) is 23.8 Å². The Balaban J connectivity index is 1.60. The number of phenolic OH excluding ortho intramolecular Hbond substituents is 1. The van der Waals surface area contributed by atoms with Crippen molar-refractivity contribution in [3.8, 4) is 5.75 Å². The maximum absolute atomic E-state index is 11.9. The number of carbonyl (C=O) groups excluding carboxylic acids is 1. The minimum atomic E-state index is -0.436. The number of halogens is 1. The Bertz CT molecular complexity index is 598. The van der Waals surface area contributed by atoms with E-state index in [9.17, 15) is 9.90 Å². The molecule has 4 nitrogen and oxygen atoms in total. The molecule has 2 aliphatic rings. The molecule has 2 aliphatic carbocycles. The molecular formula is C15H15ClN2O2. The van der Waals surface area contributed by atoms with E-state index < -0.39 is 5.91 Å². The van der Waals surface area contributed by atoms with E-state index in [-0.39, 0.29) is 11.3 Å². The van der Waals surface area contributed by atoms with Crippen LogP contribution in [0.25, 0.3) is 0 Å². The summed E-state index contributed by atoms with van der Waals surface area (Å²) in [5, 5.41) is 14.0. The average molecular weight is 291 g/mol. The molecule has 1 aromatic rings. The fourth-order valence-corrected chi connectivity index (χ4v) is 3.11. The molecule has 1 aromatic carbocycles. The molecule has 0 aromatic heterocycles. The molecule has 0 radical (unpaired) electrons. The minimum Gasteiger partial charge on any atom is -0.507 e. The number of phenols is 1. The highest BCUT2D eigenvalue weighted by Crippen LogP contribution is 2.42. The van der Waals surface area contributed by atoms with Crippen molar-refractivity contribution in [3.63, 3.8) is 0 Å². The summed E-state index contributed by atoms with van der Waals surface area (Å²) in [7, 11) is 0. The molecule has 2 N–H and O–H groups in total. The Morgan fingerprint density at radius 3 is 2.90 bits per heavy atom. The highest BCUT2D eigenvalue weighted by atomic mass is 35.5. The first-order valence-corrected chi connectivity index (χ1v) is 7.01. The number of amides is 1. The van der Waals surface area contributed by atoms with E-state index in [1.54, 1.807) is 12.3 Å². The van der Waals surface area contributed by atoms with Crippen molar-refractivity contribution in [2.45, 2.75) is 12.8 Å². The van der Waals surface area contributed by atoms with E-state index in [1.807, 2.05) is 0 Å². The van der Waals surface area contributed by atoms with Crippen molar-refractivity contribution in [2.24, 2.45) is 22.9 Å². The monoisotopic (exact) mass is 290 g/mol. The Morgan fingerprint density at radius 1 is 1.40 bits per heavy atom. The van der Waals surface area contributed by atoms with Crippen molar-refractivity contribution in [1.82, 2.24) is 5.43 Å². The maximum Gasteiger partial charge on any atom is 0.275 e. The number of hydrazone groups is 1. The van der Waals surface area contributed by atoms with E-state index in [1.165, 1.54) is 18.6 Å². The summed E-state index contributed by atoms with van der Waals surface area (Å²) in [5.74, 6) is 1.06. The normalized spacial score (nSPS) is 27.4. The topological polar surface area (TPSA) is 61.7 Å². The predicted molar refractivity (Wildman–Crippen MR) is 77.9 cm³/mol. The van der Waals surface area contributed by atoms with E-state index in [0.717, 1.165) is 6.42 Å². The van der Waals surface area contributed by atoms with Gasteiger partial charge >= 0.3 is 0 Å². The van der Waals surface area contributed by atoms with Crippen LogP contribution in [-0.4, -0.2) is 17.2 Å². The van der Waals surface area contributed by atoms with Crippen LogP contribution in [0.5, 0.6) is 5.75 Å². The third-order valence-corrected chi connectivity index (χ3v) is 4.20. The molecule has 0 saturated heterocycles. The number of nitrogens with one attached hydrogen (secondary N) is 1. The first kappa shape index (κ1) is 13.2. The van der Waals surface area contributed by atoms with Gasteiger partial charge in [0.05, 0.1) is 5.56 Å². The molecule has 0 aliphatic heterocycles. The summed E-state index contributed by atoms with van der Waals surface area (Å²) in [5.41, 5.74) is 2.62. The standard InChI is InChI=1S/C15H15ClN2O2/c16-12-3-4-13(14(19)7-12)15(20)18-17-8-11-6-9-1-2-10(11)5-9/h1-4,7-11,19H,5-6H2,(H,18,20)/b17-8-/t9-,10-,11-/m0/s1. The summed E-state index contributed by atoms with van der Waals surface area (Å²) in [4.78, 5) is 11.9. The third-order valence-electron chi connectivity index (χ3n) is 3.97. The van der Waals surface area contributed by atoms with Gasteiger partial charge in [0.2, 0.25) is 0 Å². The summed E-state index contributed by atoms with van der Waals surface area (Å²) < 4.78 is 0. The molecule has 3 rings (SSSR count). The van der Waals surface area contributed by atoms with Crippen molar-refractivity contribution in [1.29, 1.82) is 0 Å². The number of carbonyl (C=O) groups is 1. The van der Waals surface area contributed by atoms with E-state index >= 15 is 0 Å². The second-order valence-electron chi connectivity index (χ2n) is 5.32. The van der Waals surface area contributed by atoms with Crippen LogP contribution < -0.4 is 5.43 Å². The first-order chi connectivity index (χ1) is 9.63. The molecule has 5 heteroatoms. The lowest BCUT2D eigenvalue weighted by Gasteiger charge is -2.12. The highest BCUT2D eigenvalue weighted by molar-refractivity contribution is 6.30. The molecular weight excluding hydrogens is 276 g/mol. The van der Waals surface area contributed by atoms with Crippen LogP contribution in [0.4, 0.5) is 0 Å². The second-order valence-corrected chi connectivity index (χ2v) is 5.76. The Labute approximate surface area is 122 Å². The predicted octanol–water partition coefficient (Wildman–Crippen LogP) is 2.97. The van der Waals surface area contributed by atoms with Gasteiger partial charge in [-0.05, 0) is 42.9 Å². The zero-order chi connectivity index (χ0) is 14.1. The molecule has 2 bridgehead atoms. The Hall–Kier alpha value is -1.81. The van der Waals surface area contributed by atoms with Crippen LogP contribution >= 0.6 is 11.6 Å². The van der Waals surface area contributed by atoms with Gasteiger partial charge in [0.25, 0.3) is 5.91 Å². The number of hydrogen-bond donors (Lipinski definition) is 2. The minimum absolute atomic E-state index is 0.145. The van der Waals surface area contributed by atoms with Crippen molar-refractivity contribution < 1.29 is 9.90 Å². The van der Waals surface area contributed by atoms with E-state index in [4.69, 9.17) is 11.6 Å². The molecule has 1 fully saturated rings. The molecule has 104 valence electrons. The van der Waals surface area contributed by atoms with E-state index in [2.05, 4.69) is 22.7 Å². The SMILES string of the molecule is O=C(N/N=C\[C@@H]1C[C@H]2C=C[C@H]1C2)c1ccc(Cl)cc1O. The van der Waals surface area contributed by atoms with Crippen molar-refractivity contribution >= 4 is 23.7 Å². The van der Waals surface area contributed by atoms with Gasteiger partial charge in [0, 0.05) is 17.2 Å². The number of allylic oxidation sites excluding steroid dienone is 2. The second kappa shape index (κ2) is 5.29. The van der Waals surface area contributed by atoms with Crippen LogP contribution in [-0.2, 0) is 0 Å². The lowest BCUT2D eigenvalue weighted by molar-refractivity contribution is 0.0952. The number of aromatic hydroxyl groups is 1. The molecule has 3 atom stereocenters. The fourth-order valence-electron chi connectivity index (χ4n) is 2.94. The Morgan fingerprint density at radius 2 is 2.25 bits per heavy atom. The van der Waals surface area contributed by atoms with Gasteiger partial charge < -0.3 is 5.11 Å². The van der Waals surface area contributed by atoms with Crippen LogP contribution in [0.3, 0.4) is 0 Å². The fraction of sp³-hybridized carbons (Fsp3) is 0.333. The van der Waals surface area contributed by atoms with Gasteiger partial charge in [0.15, 0.2) is 0 Å². The summed E-state index contributed by atoms with van der Waals surface area (Å²) in [6, 6.07) is 4.37. The molecule has 1 amide bonds. The number of hydrogen-bond acceptors (Lipinski definition) is 3. The molecule has 20 heavy (non-hydrogen) atoms. The Kier molecular flexibility index (Phi) is 3.49. The molecule has 0 unspecified atom stereocenters. The zero-order valence-corrected chi connectivity index (χ0v) is 11.5. The molecule has 0 spiro atoms. The van der Waals surface area contributed by atoms with Gasteiger partial charge in [-0.3, -0.25) is 4.79 Å².